The third kappa shape index (κ3) is 4.85. The lowest BCUT2D eigenvalue weighted by atomic mass is 10.2. The number of halogens is 1. The fraction of sp³-hybridized carbons (Fsp3) is 0.611. The van der Waals surface area contributed by atoms with Crippen LogP contribution in [0.4, 0.5) is 5.69 Å². The Morgan fingerprint density at radius 2 is 1.96 bits per heavy atom. The van der Waals surface area contributed by atoms with Crippen molar-refractivity contribution < 1.29 is 13.2 Å². The maximum absolute atomic E-state index is 12.9. The van der Waals surface area contributed by atoms with Crippen molar-refractivity contribution in [1.82, 2.24) is 9.62 Å². The van der Waals surface area contributed by atoms with Gasteiger partial charge in [0, 0.05) is 24.0 Å². The number of fused-ring (bicyclic) bond motifs is 1. The van der Waals surface area contributed by atoms with E-state index in [9.17, 15) is 13.2 Å². The summed E-state index contributed by atoms with van der Waals surface area (Å²) in [5.41, 5.74) is 1.43. The van der Waals surface area contributed by atoms with E-state index in [0.29, 0.717) is 36.1 Å². The predicted molar refractivity (Wildman–Crippen MR) is 108 cm³/mol. The van der Waals surface area contributed by atoms with Crippen molar-refractivity contribution >= 4 is 37.5 Å². The summed E-state index contributed by atoms with van der Waals surface area (Å²) in [6.07, 6.45) is 1.77. The van der Waals surface area contributed by atoms with Crippen LogP contribution in [0.2, 0.25) is 0 Å². The van der Waals surface area contributed by atoms with Gasteiger partial charge in [-0.25, -0.2) is 13.1 Å². The molecule has 0 unspecified atom stereocenters. The van der Waals surface area contributed by atoms with Crippen LogP contribution in [0.5, 0.6) is 0 Å². The fourth-order valence-electron chi connectivity index (χ4n) is 3.24. The van der Waals surface area contributed by atoms with Gasteiger partial charge in [0.2, 0.25) is 15.9 Å². The molecule has 1 amide bonds. The summed E-state index contributed by atoms with van der Waals surface area (Å²) in [6, 6.07) is 3.49. The summed E-state index contributed by atoms with van der Waals surface area (Å²) >= 11 is 3.40. The maximum atomic E-state index is 12.9. The predicted octanol–water partition coefficient (Wildman–Crippen LogP) is 2.76. The smallest absolute Gasteiger partial charge is 0.242 e. The highest BCUT2D eigenvalue weighted by molar-refractivity contribution is 9.10. The Bertz CT molecular complexity index is 748. The summed E-state index contributed by atoms with van der Waals surface area (Å²) in [5.74, 6) is -0.0518. The van der Waals surface area contributed by atoms with Crippen LogP contribution in [0.15, 0.2) is 21.5 Å². The zero-order chi connectivity index (χ0) is 19.3. The Morgan fingerprint density at radius 3 is 2.58 bits per heavy atom. The van der Waals surface area contributed by atoms with Crippen molar-refractivity contribution in [2.45, 2.75) is 44.9 Å². The van der Waals surface area contributed by atoms with Crippen LogP contribution >= 0.6 is 15.9 Å². The number of nitrogens with zero attached hydrogens (tertiary/aromatic N) is 2. The number of carbonyl (C=O) groups is 1. The fourth-order valence-corrected chi connectivity index (χ4v) is 5.24. The molecule has 1 aliphatic heterocycles. The number of nitrogens with one attached hydrogen (secondary N) is 1. The van der Waals surface area contributed by atoms with Gasteiger partial charge in [0.25, 0.3) is 0 Å². The largest absolute Gasteiger partial charge is 0.310 e. The summed E-state index contributed by atoms with van der Waals surface area (Å²) in [7, 11) is -3.69. The van der Waals surface area contributed by atoms with Crippen molar-refractivity contribution in [3.8, 4) is 0 Å². The maximum Gasteiger partial charge on any atom is 0.242 e. The minimum absolute atomic E-state index is 0.0518. The van der Waals surface area contributed by atoms with E-state index in [4.69, 9.17) is 0 Å². The zero-order valence-corrected chi connectivity index (χ0v) is 18.1. The molecule has 1 heterocycles. The molecule has 1 N–H and O–H groups in total. The molecule has 0 radical (unpaired) electrons. The third-order valence-electron chi connectivity index (χ3n) is 4.72. The van der Waals surface area contributed by atoms with Crippen molar-refractivity contribution in [1.29, 1.82) is 0 Å². The number of hydrogen-bond acceptors (Lipinski definition) is 4. The molecule has 0 bridgehead atoms. The molecule has 0 atom stereocenters. The molecule has 0 aromatic heterocycles. The van der Waals surface area contributed by atoms with Crippen LogP contribution in [-0.4, -0.2) is 51.9 Å². The van der Waals surface area contributed by atoms with Crippen LogP contribution in [-0.2, 0) is 21.2 Å². The Morgan fingerprint density at radius 1 is 1.27 bits per heavy atom. The Balaban J connectivity index is 2.20. The first-order valence-electron chi connectivity index (χ1n) is 9.18. The molecular formula is C18H28BrN3O3S. The summed E-state index contributed by atoms with van der Waals surface area (Å²) in [4.78, 5) is 16.3. The molecule has 0 aliphatic carbocycles. The van der Waals surface area contributed by atoms with Gasteiger partial charge in [-0.2, -0.15) is 0 Å². The first-order chi connectivity index (χ1) is 12.3. The van der Waals surface area contributed by atoms with Crippen LogP contribution in [0.3, 0.4) is 0 Å². The highest BCUT2D eigenvalue weighted by atomic mass is 79.9. The Kier molecular flexibility index (Phi) is 7.63. The molecule has 146 valence electrons. The average Bonchev–Trinajstić information content (AvgIpc) is 3.04. The number of carbonyl (C=O) groups excluding carboxylic acids is 1. The minimum atomic E-state index is -3.69. The SMILES string of the molecule is CCC(=O)N1CCc2cc(Br)cc(S(=O)(=O)NCCCN(CC)CC)c21. The number of hydrogen-bond donors (Lipinski definition) is 1. The molecule has 8 heteroatoms. The number of benzene rings is 1. The van der Waals surface area contributed by atoms with E-state index in [1.54, 1.807) is 17.9 Å². The standard InChI is InChI=1S/C18H28BrN3O3S/c1-4-17(23)22-11-8-14-12-15(19)13-16(18(14)22)26(24,25)20-9-7-10-21(5-2)6-3/h12-13,20H,4-11H2,1-3H3. The monoisotopic (exact) mass is 445 g/mol. The van der Waals surface area contributed by atoms with Gasteiger partial charge in [-0.3, -0.25) is 4.79 Å². The first-order valence-corrected chi connectivity index (χ1v) is 11.5. The zero-order valence-electron chi connectivity index (χ0n) is 15.7. The topological polar surface area (TPSA) is 69.7 Å². The first kappa shape index (κ1) is 21.3. The van der Waals surface area contributed by atoms with Gasteiger partial charge in [-0.05, 0) is 50.2 Å². The molecule has 1 aliphatic rings. The summed E-state index contributed by atoms with van der Waals surface area (Å²) < 4.78 is 29.2. The molecule has 1 aromatic carbocycles. The second kappa shape index (κ2) is 9.30. The van der Waals surface area contributed by atoms with E-state index >= 15 is 0 Å². The molecule has 6 nitrogen and oxygen atoms in total. The van der Waals surface area contributed by atoms with Gasteiger partial charge in [-0.15, -0.1) is 0 Å². The number of anilines is 1. The van der Waals surface area contributed by atoms with Crippen LogP contribution in [0.1, 0.15) is 39.2 Å². The Labute approximate surface area is 165 Å². The molecular weight excluding hydrogens is 418 g/mol. The van der Waals surface area contributed by atoms with Gasteiger partial charge in [0.1, 0.15) is 4.90 Å². The highest BCUT2D eigenvalue weighted by Gasteiger charge is 2.31. The van der Waals surface area contributed by atoms with Crippen molar-refractivity contribution in [3.63, 3.8) is 0 Å². The molecule has 0 saturated heterocycles. The second-order valence-corrected chi connectivity index (χ2v) is 8.99. The van der Waals surface area contributed by atoms with E-state index in [1.165, 1.54) is 0 Å². The van der Waals surface area contributed by atoms with Crippen molar-refractivity contribution in [3.05, 3.63) is 22.2 Å². The molecule has 1 aromatic rings. The van der Waals surface area contributed by atoms with Crippen LogP contribution < -0.4 is 9.62 Å². The lowest BCUT2D eigenvalue weighted by Crippen LogP contribution is -2.32. The Hall–Kier alpha value is -0.960. The number of sulfonamides is 1. The number of rotatable bonds is 9. The van der Waals surface area contributed by atoms with Gasteiger partial charge >= 0.3 is 0 Å². The lowest BCUT2D eigenvalue weighted by Gasteiger charge is -2.21. The normalized spacial score (nSPS) is 14.1. The minimum Gasteiger partial charge on any atom is -0.310 e. The van der Waals surface area contributed by atoms with Crippen molar-refractivity contribution in [2.75, 3.05) is 37.6 Å². The molecule has 0 spiro atoms. The van der Waals surface area contributed by atoms with Gasteiger partial charge in [-0.1, -0.05) is 36.7 Å². The number of amides is 1. The molecule has 0 fully saturated rings. The van der Waals surface area contributed by atoms with Gasteiger partial charge < -0.3 is 9.80 Å². The van der Waals surface area contributed by atoms with Gasteiger partial charge in [0.05, 0.1) is 5.69 Å². The molecule has 0 saturated carbocycles. The third-order valence-corrected chi connectivity index (χ3v) is 6.66. The highest BCUT2D eigenvalue weighted by Crippen LogP contribution is 2.37. The average molecular weight is 446 g/mol. The van der Waals surface area contributed by atoms with E-state index in [0.717, 1.165) is 31.6 Å². The van der Waals surface area contributed by atoms with Crippen LogP contribution in [0, 0.1) is 0 Å². The van der Waals surface area contributed by atoms with Crippen LogP contribution in [0.25, 0.3) is 0 Å². The summed E-state index contributed by atoms with van der Waals surface area (Å²) in [5, 5.41) is 0. The summed E-state index contributed by atoms with van der Waals surface area (Å²) in [6.45, 7) is 9.65. The van der Waals surface area contributed by atoms with E-state index in [2.05, 4.69) is 39.4 Å². The van der Waals surface area contributed by atoms with E-state index < -0.39 is 10.0 Å². The molecule has 2 rings (SSSR count). The lowest BCUT2D eigenvalue weighted by molar-refractivity contribution is -0.118. The van der Waals surface area contributed by atoms with E-state index in [1.807, 2.05) is 6.07 Å². The second-order valence-electron chi connectivity index (χ2n) is 6.34. The van der Waals surface area contributed by atoms with E-state index in [-0.39, 0.29) is 10.8 Å². The molecule has 26 heavy (non-hydrogen) atoms. The van der Waals surface area contributed by atoms with Gasteiger partial charge in [0.15, 0.2) is 0 Å². The van der Waals surface area contributed by atoms with Crippen molar-refractivity contribution in [2.24, 2.45) is 0 Å². The quantitative estimate of drug-likeness (QED) is 0.593.